The van der Waals surface area contributed by atoms with E-state index >= 15 is 0 Å². The Labute approximate surface area is 147 Å². The maximum Gasteiger partial charge on any atom is 0.126 e. The van der Waals surface area contributed by atoms with Crippen LogP contribution in [0.2, 0.25) is 0 Å². The molecule has 0 saturated heterocycles. The lowest BCUT2D eigenvalue weighted by molar-refractivity contribution is -0.255. The quantitative estimate of drug-likeness (QED) is 0.673. The number of hydrogen-bond acceptors (Lipinski definition) is 4. The van der Waals surface area contributed by atoms with Gasteiger partial charge in [0.25, 0.3) is 0 Å². The molecule has 0 spiro atoms. The zero-order chi connectivity index (χ0) is 17.1. The van der Waals surface area contributed by atoms with Crippen LogP contribution in [0.15, 0.2) is 59.1 Å². The Kier molecular flexibility index (Phi) is 4.71. The number of carbonyl (C=O) groups excluding carboxylic acids is 1. The highest BCUT2D eigenvalue weighted by molar-refractivity contribution is 9.10. The molecule has 0 fully saturated rings. The highest BCUT2D eigenvalue weighted by Gasteiger charge is 2.10. The van der Waals surface area contributed by atoms with Crippen LogP contribution in [0.25, 0.3) is 10.8 Å². The number of fused-ring (bicyclic) bond motifs is 1. The average Bonchev–Trinajstić information content (AvgIpc) is 2.59. The predicted octanol–water partition coefficient (Wildman–Crippen LogP) is 3.55. The second-order valence-electron chi connectivity index (χ2n) is 5.21. The first-order valence-corrected chi connectivity index (χ1v) is 8.07. The molecule has 0 N–H and O–H groups in total. The molecule has 0 unspecified atom stereocenters. The van der Waals surface area contributed by atoms with Crippen LogP contribution in [0.1, 0.15) is 15.9 Å². The summed E-state index contributed by atoms with van der Waals surface area (Å²) in [4.78, 5) is 10.8. The van der Waals surface area contributed by atoms with Crippen LogP contribution in [0.4, 0.5) is 0 Å². The van der Waals surface area contributed by atoms with Gasteiger partial charge in [-0.1, -0.05) is 28.1 Å². The van der Waals surface area contributed by atoms with E-state index in [-0.39, 0.29) is 5.56 Å². The lowest BCUT2D eigenvalue weighted by Crippen LogP contribution is -2.21. The third-order valence-electron chi connectivity index (χ3n) is 3.74. The Bertz CT molecular complexity index is 888. The largest absolute Gasteiger partial charge is 0.545 e. The van der Waals surface area contributed by atoms with Crippen molar-refractivity contribution in [3.63, 3.8) is 0 Å². The van der Waals surface area contributed by atoms with Gasteiger partial charge < -0.3 is 19.4 Å². The Morgan fingerprint density at radius 3 is 2.50 bits per heavy atom. The highest BCUT2D eigenvalue weighted by atomic mass is 79.9. The number of methoxy groups -OCH3 is 1. The first-order valence-electron chi connectivity index (χ1n) is 7.28. The van der Waals surface area contributed by atoms with E-state index in [2.05, 4.69) is 15.9 Å². The molecular formula is C19H14BrO4-. The third kappa shape index (κ3) is 3.36. The third-order valence-corrected chi connectivity index (χ3v) is 4.24. The molecule has 0 radical (unpaired) electrons. The fourth-order valence-corrected chi connectivity index (χ4v) is 2.91. The maximum absolute atomic E-state index is 10.8. The number of rotatable bonds is 5. The minimum atomic E-state index is -1.21. The second-order valence-corrected chi connectivity index (χ2v) is 6.13. The molecule has 0 aromatic heterocycles. The molecule has 0 aliphatic carbocycles. The zero-order valence-electron chi connectivity index (χ0n) is 12.9. The molecule has 24 heavy (non-hydrogen) atoms. The topological polar surface area (TPSA) is 58.6 Å². The molecule has 122 valence electrons. The molecule has 0 aliphatic rings. The molecule has 0 amide bonds. The number of aromatic carboxylic acids is 1. The SMILES string of the molecule is COc1ccc2cc(Br)ccc2c1COc1ccc(C(=O)[O-])cc1. The smallest absolute Gasteiger partial charge is 0.126 e. The summed E-state index contributed by atoms with van der Waals surface area (Å²) in [5, 5.41) is 12.9. The summed E-state index contributed by atoms with van der Waals surface area (Å²) in [6.07, 6.45) is 0. The summed E-state index contributed by atoms with van der Waals surface area (Å²) in [6.45, 7) is 0.312. The van der Waals surface area contributed by atoms with Gasteiger partial charge in [-0.15, -0.1) is 0 Å². The second kappa shape index (κ2) is 6.93. The summed E-state index contributed by atoms with van der Waals surface area (Å²) in [5.41, 5.74) is 1.06. The van der Waals surface area contributed by atoms with Crippen LogP contribution >= 0.6 is 15.9 Å². The first kappa shape index (κ1) is 16.3. The predicted molar refractivity (Wildman–Crippen MR) is 93.3 cm³/mol. The number of carboxylic acid groups (broad SMARTS) is 1. The van der Waals surface area contributed by atoms with Crippen LogP contribution in [-0.4, -0.2) is 13.1 Å². The monoisotopic (exact) mass is 385 g/mol. The van der Waals surface area contributed by atoms with Crippen molar-refractivity contribution < 1.29 is 19.4 Å². The zero-order valence-corrected chi connectivity index (χ0v) is 14.5. The van der Waals surface area contributed by atoms with E-state index in [9.17, 15) is 9.90 Å². The lowest BCUT2D eigenvalue weighted by Gasteiger charge is -2.14. The van der Waals surface area contributed by atoms with E-state index in [4.69, 9.17) is 9.47 Å². The van der Waals surface area contributed by atoms with Gasteiger partial charge in [0.1, 0.15) is 18.1 Å². The number of carbonyl (C=O) groups is 1. The van der Waals surface area contributed by atoms with Crippen LogP contribution in [0.5, 0.6) is 11.5 Å². The van der Waals surface area contributed by atoms with Crippen molar-refractivity contribution >= 4 is 32.7 Å². The fraction of sp³-hybridized carbons (Fsp3) is 0.105. The van der Waals surface area contributed by atoms with Crippen molar-refractivity contribution in [3.05, 3.63) is 70.2 Å². The van der Waals surface area contributed by atoms with Crippen LogP contribution in [0, 0.1) is 0 Å². The fourth-order valence-electron chi connectivity index (χ4n) is 2.53. The molecule has 3 aromatic carbocycles. The van der Waals surface area contributed by atoms with Crippen LogP contribution in [-0.2, 0) is 6.61 Å². The van der Waals surface area contributed by atoms with Gasteiger partial charge in [-0.2, -0.15) is 0 Å². The van der Waals surface area contributed by atoms with Crippen molar-refractivity contribution in [1.82, 2.24) is 0 Å². The Morgan fingerprint density at radius 1 is 1.08 bits per heavy atom. The van der Waals surface area contributed by atoms with Crippen LogP contribution < -0.4 is 14.6 Å². The van der Waals surface area contributed by atoms with Gasteiger partial charge in [0.05, 0.1) is 13.1 Å². The summed E-state index contributed by atoms with van der Waals surface area (Å²) in [6, 6.07) is 16.1. The number of halogens is 1. The highest BCUT2D eigenvalue weighted by Crippen LogP contribution is 2.31. The van der Waals surface area contributed by atoms with E-state index < -0.39 is 5.97 Å². The molecule has 3 aromatic rings. The number of benzene rings is 3. The molecule has 0 saturated carbocycles. The molecular weight excluding hydrogens is 372 g/mol. The van der Waals surface area contributed by atoms with E-state index in [1.54, 1.807) is 19.2 Å². The van der Waals surface area contributed by atoms with Gasteiger partial charge in [0, 0.05) is 10.0 Å². The minimum Gasteiger partial charge on any atom is -0.545 e. The van der Waals surface area contributed by atoms with E-state index in [1.165, 1.54) is 12.1 Å². The van der Waals surface area contributed by atoms with Gasteiger partial charge in [0.15, 0.2) is 0 Å². The van der Waals surface area contributed by atoms with Crippen molar-refractivity contribution in [2.24, 2.45) is 0 Å². The normalized spacial score (nSPS) is 10.6. The standard InChI is InChI=1S/C19H15BrO4/c1-23-18-9-4-13-10-14(20)5-8-16(13)17(18)11-24-15-6-2-12(3-7-15)19(21)22/h2-10H,11H2,1H3,(H,21,22)/p-1. The van der Waals surface area contributed by atoms with Gasteiger partial charge in [-0.25, -0.2) is 0 Å². The maximum atomic E-state index is 10.8. The lowest BCUT2D eigenvalue weighted by atomic mass is 10.0. The average molecular weight is 386 g/mol. The van der Waals surface area contributed by atoms with Crippen molar-refractivity contribution in [2.75, 3.05) is 7.11 Å². The number of hydrogen-bond donors (Lipinski definition) is 0. The molecule has 4 nitrogen and oxygen atoms in total. The van der Waals surface area contributed by atoms with Gasteiger partial charge in [-0.05, 0) is 58.8 Å². The molecule has 0 aliphatic heterocycles. The Hall–Kier alpha value is -2.53. The molecule has 3 rings (SSSR count). The van der Waals surface area contributed by atoms with Gasteiger partial charge >= 0.3 is 0 Å². The minimum absolute atomic E-state index is 0.120. The first-order chi connectivity index (χ1) is 11.6. The molecule has 0 atom stereocenters. The van der Waals surface area contributed by atoms with Crippen molar-refractivity contribution in [2.45, 2.75) is 6.61 Å². The van der Waals surface area contributed by atoms with E-state index in [0.717, 1.165) is 26.6 Å². The number of ether oxygens (including phenoxy) is 2. The summed E-state index contributed by atoms with van der Waals surface area (Å²) in [7, 11) is 1.62. The van der Waals surface area contributed by atoms with Gasteiger partial charge in [0.2, 0.25) is 0 Å². The summed E-state index contributed by atoms with van der Waals surface area (Å²) < 4.78 is 12.3. The van der Waals surface area contributed by atoms with Crippen molar-refractivity contribution in [1.29, 1.82) is 0 Å². The van der Waals surface area contributed by atoms with Crippen molar-refractivity contribution in [3.8, 4) is 11.5 Å². The van der Waals surface area contributed by atoms with Crippen LogP contribution in [0.3, 0.4) is 0 Å². The van der Waals surface area contributed by atoms with E-state index in [0.29, 0.717) is 12.4 Å². The Morgan fingerprint density at radius 2 is 1.83 bits per heavy atom. The Balaban J connectivity index is 1.89. The molecule has 0 bridgehead atoms. The number of carboxylic acids is 1. The van der Waals surface area contributed by atoms with Gasteiger partial charge in [-0.3, -0.25) is 0 Å². The van der Waals surface area contributed by atoms with E-state index in [1.807, 2.05) is 30.3 Å². The molecule has 0 heterocycles. The molecule has 5 heteroatoms. The summed E-state index contributed by atoms with van der Waals surface area (Å²) in [5.74, 6) is 0.121. The summed E-state index contributed by atoms with van der Waals surface area (Å²) >= 11 is 3.47.